The maximum atomic E-state index is 11.3. The highest BCUT2D eigenvalue weighted by atomic mass is 16.6. The van der Waals surface area contributed by atoms with Crippen LogP contribution in [0.25, 0.3) is 5.70 Å². The van der Waals surface area contributed by atoms with Gasteiger partial charge >= 0.3 is 6.09 Å². The fraction of sp³-hybridized carbons (Fsp3) is 0.333. The number of amides is 1. The minimum Gasteiger partial charge on any atom is -0.443 e. The number of ether oxygens (including phenoxy) is 1. The molecule has 1 aromatic rings. The molecule has 0 radical (unpaired) electrons. The molecule has 0 bridgehead atoms. The maximum Gasteiger partial charge on any atom is 0.426 e. The van der Waals surface area contributed by atoms with Crippen molar-refractivity contribution in [3.05, 3.63) is 36.7 Å². The number of hydrogen-bond acceptors (Lipinski definition) is 4. The Kier molecular flexibility index (Phi) is 4.09. The van der Waals surface area contributed by atoms with Gasteiger partial charge < -0.3 is 4.74 Å². The summed E-state index contributed by atoms with van der Waals surface area (Å²) in [4.78, 5) is 15.3. The van der Waals surface area contributed by atoms with Crippen molar-refractivity contribution in [2.24, 2.45) is 0 Å². The van der Waals surface area contributed by atoms with E-state index in [2.05, 4.69) is 22.4 Å². The predicted molar refractivity (Wildman–Crippen MR) is 65.8 cm³/mol. The first-order chi connectivity index (χ1) is 7.88. The highest BCUT2D eigenvalue weighted by Gasteiger charge is 2.15. The number of nitrogens with zero attached hydrogens (tertiary/aromatic N) is 1. The summed E-state index contributed by atoms with van der Waals surface area (Å²) >= 11 is 0. The Morgan fingerprint density at radius 3 is 2.65 bits per heavy atom. The standard InChI is InChI=1S/C12H17N3O2/c1-9(10-6-5-7-13-8-10)14-15-11(16)17-12(2,3)4/h5-8,14H,1H2,2-4H3,(H,15,16). The average Bonchev–Trinajstić information content (AvgIpc) is 2.25. The number of pyridine rings is 1. The van der Waals surface area contributed by atoms with Gasteiger partial charge in [0.2, 0.25) is 0 Å². The van der Waals surface area contributed by atoms with Gasteiger partial charge in [-0.05, 0) is 32.9 Å². The van der Waals surface area contributed by atoms with E-state index in [0.717, 1.165) is 5.56 Å². The van der Waals surface area contributed by atoms with E-state index in [9.17, 15) is 4.79 Å². The van der Waals surface area contributed by atoms with Gasteiger partial charge in [-0.15, -0.1) is 0 Å². The Balaban J connectivity index is 2.42. The van der Waals surface area contributed by atoms with Crippen LogP contribution in [0, 0.1) is 0 Å². The molecule has 0 unspecified atom stereocenters. The molecule has 5 heteroatoms. The van der Waals surface area contributed by atoms with E-state index >= 15 is 0 Å². The van der Waals surface area contributed by atoms with Crippen molar-refractivity contribution in [1.82, 2.24) is 15.8 Å². The number of hydrogen-bond donors (Lipinski definition) is 2. The van der Waals surface area contributed by atoms with Gasteiger partial charge in [-0.3, -0.25) is 10.4 Å². The van der Waals surface area contributed by atoms with E-state index in [1.54, 1.807) is 39.2 Å². The summed E-state index contributed by atoms with van der Waals surface area (Å²) in [7, 11) is 0. The fourth-order valence-electron chi connectivity index (χ4n) is 1.04. The summed E-state index contributed by atoms with van der Waals surface area (Å²) in [6, 6.07) is 3.62. The van der Waals surface area contributed by atoms with Gasteiger partial charge in [0, 0.05) is 18.0 Å². The zero-order valence-electron chi connectivity index (χ0n) is 10.3. The van der Waals surface area contributed by atoms with Crippen molar-refractivity contribution in [2.45, 2.75) is 26.4 Å². The molecule has 5 nitrogen and oxygen atoms in total. The van der Waals surface area contributed by atoms with Crippen LogP contribution in [0.3, 0.4) is 0 Å². The molecule has 0 saturated carbocycles. The molecule has 1 rings (SSSR count). The molecule has 0 fully saturated rings. The number of aromatic nitrogens is 1. The van der Waals surface area contributed by atoms with Gasteiger partial charge in [0.25, 0.3) is 0 Å². The smallest absolute Gasteiger partial charge is 0.426 e. The number of nitrogens with one attached hydrogen (secondary N) is 2. The van der Waals surface area contributed by atoms with Gasteiger partial charge in [0.1, 0.15) is 5.60 Å². The zero-order chi connectivity index (χ0) is 12.9. The van der Waals surface area contributed by atoms with Gasteiger partial charge in [-0.25, -0.2) is 10.2 Å². The lowest BCUT2D eigenvalue weighted by Gasteiger charge is -2.20. The first-order valence-electron chi connectivity index (χ1n) is 5.23. The Hall–Kier alpha value is -2.04. The van der Waals surface area contributed by atoms with E-state index in [1.165, 1.54) is 0 Å². The second kappa shape index (κ2) is 5.34. The zero-order valence-corrected chi connectivity index (χ0v) is 10.3. The lowest BCUT2D eigenvalue weighted by atomic mass is 10.2. The fourth-order valence-corrected chi connectivity index (χ4v) is 1.04. The Morgan fingerprint density at radius 2 is 2.12 bits per heavy atom. The normalized spacial score (nSPS) is 10.5. The molecule has 1 amide bonds. The molecule has 0 saturated heterocycles. The van der Waals surface area contributed by atoms with Gasteiger partial charge in [0.05, 0.1) is 5.70 Å². The van der Waals surface area contributed by atoms with E-state index in [-0.39, 0.29) is 0 Å². The summed E-state index contributed by atoms with van der Waals surface area (Å²) in [5, 5.41) is 0. The lowest BCUT2D eigenvalue weighted by molar-refractivity contribution is 0.0511. The minimum absolute atomic E-state index is 0.526. The number of rotatable bonds is 3. The van der Waals surface area contributed by atoms with Crippen molar-refractivity contribution < 1.29 is 9.53 Å². The summed E-state index contributed by atoms with van der Waals surface area (Å²) in [6.45, 7) is 9.15. The van der Waals surface area contributed by atoms with Crippen LogP contribution < -0.4 is 10.9 Å². The number of carbonyl (C=O) groups is 1. The van der Waals surface area contributed by atoms with Gasteiger partial charge in [-0.1, -0.05) is 6.58 Å². The van der Waals surface area contributed by atoms with Crippen molar-refractivity contribution in [1.29, 1.82) is 0 Å². The monoisotopic (exact) mass is 235 g/mol. The largest absolute Gasteiger partial charge is 0.443 e. The Morgan fingerprint density at radius 1 is 1.41 bits per heavy atom. The van der Waals surface area contributed by atoms with E-state index < -0.39 is 11.7 Å². The summed E-state index contributed by atoms with van der Waals surface area (Å²) in [5.74, 6) is 0. The molecule has 17 heavy (non-hydrogen) atoms. The van der Waals surface area contributed by atoms with Crippen LogP contribution >= 0.6 is 0 Å². The minimum atomic E-state index is -0.553. The topological polar surface area (TPSA) is 63.2 Å². The third-order valence-corrected chi connectivity index (χ3v) is 1.72. The molecular formula is C12H17N3O2. The molecule has 1 heterocycles. The van der Waals surface area contributed by atoms with E-state index in [1.807, 2.05) is 6.07 Å². The molecule has 0 aromatic carbocycles. The van der Waals surface area contributed by atoms with Crippen LogP contribution in [0.15, 0.2) is 31.1 Å². The molecule has 0 aliphatic rings. The second-order valence-corrected chi connectivity index (χ2v) is 4.47. The van der Waals surface area contributed by atoms with Crippen LogP contribution in [0.1, 0.15) is 26.3 Å². The van der Waals surface area contributed by atoms with Crippen LogP contribution in [-0.2, 0) is 4.74 Å². The van der Waals surface area contributed by atoms with Crippen LogP contribution in [-0.4, -0.2) is 16.7 Å². The average molecular weight is 235 g/mol. The van der Waals surface area contributed by atoms with Crippen molar-refractivity contribution >= 4 is 11.8 Å². The van der Waals surface area contributed by atoms with E-state index in [4.69, 9.17) is 4.74 Å². The molecule has 92 valence electrons. The molecule has 0 spiro atoms. The summed E-state index contributed by atoms with van der Waals surface area (Å²) in [5.41, 5.74) is 5.88. The lowest BCUT2D eigenvalue weighted by Crippen LogP contribution is -2.40. The van der Waals surface area contributed by atoms with E-state index in [0.29, 0.717) is 5.70 Å². The van der Waals surface area contributed by atoms with Gasteiger partial charge in [0.15, 0.2) is 0 Å². The SMILES string of the molecule is C=C(NNC(=O)OC(C)(C)C)c1cccnc1. The molecule has 0 aliphatic carbocycles. The predicted octanol–water partition coefficient (Wildman–Crippen LogP) is 2.08. The van der Waals surface area contributed by atoms with Crippen LogP contribution in [0.2, 0.25) is 0 Å². The van der Waals surface area contributed by atoms with Crippen molar-refractivity contribution in [2.75, 3.05) is 0 Å². The third-order valence-electron chi connectivity index (χ3n) is 1.72. The maximum absolute atomic E-state index is 11.3. The second-order valence-electron chi connectivity index (χ2n) is 4.47. The Bertz CT molecular complexity index is 396. The van der Waals surface area contributed by atoms with Crippen molar-refractivity contribution in [3.63, 3.8) is 0 Å². The first-order valence-corrected chi connectivity index (χ1v) is 5.23. The molecule has 1 aromatic heterocycles. The first kappa shape index (κ1) is 13.0. The molecule has 2 N–H and O–H groups in total. The number of carbonyl (C=O) groups excluding carboxylic acids is 1. The van der Waals surface area contributed by atoms with Crippen molar-refractivity contribution in [3.8, 4) is 0 Å². The van der Waals surface area contributed by atoms with Gasteiger partial charge in [-0.2, -0.15) is 0 Å². The Labute approximate surface area is 101 Å². The quantitative estimate of drug-likeness (QED) is 0.787. The summed E-state index contributed by atoms with van der Waals surface area (Å²) < 4.78 is 5.05. The molecule has 0 aliphatic heterocycles. The highest BCUT2D eigenvalue weighted by molar-refractivity contribution is 5.70. The number of hydrazine groups is 1. The molecule has 0 atom stereocenters. The third kappa shape index (κ3) is 5.01. The highest BCUT2D eigenvalue weighted by Crippen LogP contribution is 2.07. The molecular weight excluding hydrogens is 218 g/mol. The van der Waals surface area contributed by atoms with Crippen LogP contribution in [0.4, 0.5) is 4.79 Å². The summed E-state index contributed by atoms with van der Waals surface area (Å²) in [6.07, 6.45) is 2.76. The van der Waals surface area contributed by atoms with Crippen LogP contribution in [0.5, 0.6) is 0 Å².